The van der Waals surface area contributed by atoms with Gasteiger partial charge in [-0.2, -0.15) is 0 Å². The van der Waals surface area contributed by atoms with Gasteiger partial charge >= 0.3 is 5.97 Å². The lowest BCUT2D eigenvalue weighted by Crippen LogP contribution is -2.52. The largest absolute Gasteiger partial charge is 0.463 e. The molecule has 0 saturated carbocycles. The van der Waals surface area contributed by atoms with Crippen LogP contribution in [-0.2, 0) is 14.3 Å². The smallest absolute Gasteiger partial charge is 0.353 e. The van der Waals surface area contributed by atoms with Gasteiger partial charge in [0.05, 0.1) is 12.2 Å². The van der Waals surface area contributed by atoms with Gasteiger partial charge in [0.15, 0.2) is 5.78 Å². The molecular formula is C16H15ClN2O5. The van der Waals surface area contributed by atoms with Crippen LogP contribution >= 0.6 is 11.6 Å². The van der Waals surface area contributed by atoms with Crippen LogP contribution in [0, 0.1) is 0 Å². The Labute approximate surface area is 142 Å². The molecular weight excluding hydrogens is 336 g/mol. The Kier molecular flexibility index (Phi) is 4.06. The first-order valence-corrected chi connectivity index (χ1v) is 7.79. The van der Waals surface area contributed by atoms with E-state index < -0.39 is 23.3 Å². The molecule has 7 nitrogen and oxygen atoms in total. The van der Waals surface area contributed by atoms with Gasteiger partial charge in [-0.15, -0.1) is 0 Å². The molecule has 1 atom stereocenters. The molecule has 1 aromatic rings. The second-order valence-electron chi connectivity index (χ2n) is 5.37. The maximum Gasteiger partial charge on any atom is 0.353 e. The Hall–Kier alpha value is -2.38. The summed E-state index contributed by atoms with van der Waals surface area (Å²) in [6.07, 6.45) is 0. The highest BCUT2D eigenvalue weighted by atomic mass is 35.5. The van der Waals surface area contributed by atoms with E-state index >= 15 is 0 Å². The molecule has 1 amide bonds. The van der Waals surface area contributed by atoms with E-state index in [1.165, 1.54) is 29.2 Å². The fourth-order valence-electron chi connectivity index (χ4n) is 2.84. The van der Waals surface area contributed by atoms with E-state index in [2.05, 4.69) is 5.32 Å². The number of ketones is 1. The lowest BCUT2D eigenvalue weighted by molar-refractivity contribution is -0.168. The Bertz CT molecular complexity index is 758. The molecule has 1 unspecified atom stereocenters. The van der Waals surface area contributed by atoms with Gasteiger partial charge in [0.1, 0.15) is 5.82 Å². The highest BCUT2D eigenvalue weighted by molar-refractivity contribution is 6.31. The van der Waals surface area contributed by atoms with Crippen molar-refractivity contribution in [2.45, 2.75) is 12.5 Å². The summed E-state index contributed by atoms with van der Waals surface area (Å²) in [6.45, 7) is 2.21. The van der Waals surface area contributed by atoms with Crippen molar-refractivity contribution in [3.05, 3.63) is 46.2 Å². The van der Waals surface area contributed by atoms with Crippen LogP contribution in [-0.4, -0.2) is 53.0 Å². The van der Waals surface area contributed by atoms with Gasteiger partial charge in [-0.1, -0.05) is 11.6 Å². The van der Waals surface area contributed by atoms with Crippen molar-refractivity contribution >= 4 is 29.3 Å². The summed E-state index contributed by atoms with van der Waals surface area (Å²) < 4.78 is 4.83. The molecule has 2 N–H and O–H groups in total. The zero-order valence-electron chi connectivity index (χ0n) is 12.8. The molecule has 1 saturated heterocycles. The zero-order valence-corrected chi connectivity index (χ0v) is 13.6. The molecule has 0 bridgehead atoms. The first-order valence-electron chi connectivity index (χ1n) is 7.41. The summed E-state index contributed by atoms with van der Waals surface area (Å²) in [4.78, 5) is 38.9. The Morgan fingerprint density at radius 2 is 2.04 bits per heavy atom. The molecule has 0 aliphatic carbocycles. The number of halogens is 1. The van der Waals surface area contributed by atoms with E-state index in [0.717, 1.165) is 0 Å². The lowest BCUT2D eigenvalue weighted by atomic mass is 9.89. The van der Waals surface area contributed by atoms with Crippen molar-refractivity contribution in [2.75, 3.05) is 19.7 Å². The number of carbonyl (C=O) groups excluding carboxylic acids is 3. The minimum Gasteiger partial charge on any atom is -0.463 e. The van der Waals surface area contributed by atoms with E-state index in [-0.39, 0.29) is 30.1 Å². The van der Waals surface area contributed by atoms with Gasteiger partial charge < -0.3 is 15.2 Å². The number of carbonyl (C=O) groups is 3. The van der Waals surface area contributed by atoms with Crippen molar-refractivity contribution in [1.82, 2.24) is 10.2 Å². The molecule has 2 aliphatic heterocycles. The van der Waals surface area contributed by atoms with Gasteiger partial charge in [0.2, 0.25) is 0 Å². The number of aliphatic hydroxyl groups is 1. The van der Waals surface area contributed by atoms with Gasteiger partial charge in [-0.25, -0.2) is 4.79 Å². The van der Waals surface area contributed by atoms with Crippen LogP contribution in [0.3, 0.4) is 0 Å². The fraction of sp³-hybridized carbons (Fsp3) is 0.312. The molecule has 1 fully saturated rings. The van der Waals surface area contributed by atoms with Crippen LogP contribution in [0.5, 0.6) is 0 Å². The molecule has 24 heavy (non-hydrogen) atoms. The predicted octanol–water partition coefficient (Wildman–Crippen LogP) is 0.474. The number of hydrogen-bond acceptors (Lipinski definition) is 6. The normalized spacial score (nSPS) is 22.5. The first kappa shape index (κ1) is 16.5. The Balaban J connectivity index is 2.11. The van der Waals surface area contributed by atoms with Crippen molar-refractivity contribution in [3.8, 4) is 0 Å². The number of fused-ring (bicyclic) bond motifs is 1. The third kappa shape index (κ3) is 2.28. The van der Waals surface area contributed by atoms with Crippen molar-refractivity contribution in [2.24, 2.45) is 0 Å². The number of amides is 1. The molecule has 126 valence electrons. The number of esters is 1. The third-order valence-corrected chi connectivity index (χ3v) is 4.21. The topological polar surface area (TPSA) is 95.9 Å². The second kappa shape index (κ2) is 5.92. The summed E-state index contributed by atoms with van der Waals surface area (Å²) in [7, 11) is 0. The van der Waals surface area contributed by atoms with E-state index in [9.17, 15) is 19.5 Å². The molecule has 0 aromatic heterocycles. The Morgan fingerprint density at radius 3 is 2.67 bits per heavy atom. The first-order chi connectivity index (χ1) is 11.4. The highest BCUT2D eigenvalue weighted by Gasteiger charge is 2.61. The van der Waals surface area contributed by atoms with Gasteiger partial charge in [0, 0.05) is 23.7 Å². The van der Waals surface area contributed by atoms with Crippen LogP contribution in [0.25, 0.3) is 0 Å². The summed E-state index contributed by atoms with van der Waals surface area (Å²) in [5, 5.41) is 14.1. The van der Waals surface area contributed by atoms with Crippen LogP contribution in [0.15, 0.2) is 35.7 Å². The van der Waals surface area contributed by atoms with E-state index in [1.54, 1.807) is 6.92 Å². The average molecular weight is 351 g/mol. The molecule has 3 rings (SSSR count). The number of rotatable bonds is 4. The zero-order chi connectivity index (χ0) is 17.5. The molecule has 2 aliphatic rings. The second-order valence-corrected chi connectivity index (χ2v) is 5.81. The summed E-state index contributed by atoms with van der Waals surface area (Å²) in [6, 6.07) is 5.96. The van der Waals surface area contributed by atoms with E-state index in [0.29, 0.717) is 11.6 Å². The van der Waals surface area contributed by atoms with Crippen molar-refractivity contribution in [3.63, 3.8) is 0 Å². The van der Waals surface area contributed by atoms with Crippen molar-refractivity contribution in [1.29, 1.82) is 0 Å². The Morgan fingerprint density at radius 1 is 1.38 bits per heavy atom. The number of benzene rings is 1. The minimum absolute atomic E-state index is 0.0282. The number of Topliss-reactive ketones (excluding diaryl/α,β-unsaturated/α-hetero) is 1. The number of ether oxygens (including phenoxy) is 1. The van der Waals surface area contributed by atoms with Crippen LogP contribution in [0.2, 0.25) is 5.02 Å². The highest BCUT2D eigenvalue weighted by Crippen LogP contribution is 2.37. The van der Waals surface area contributed by atoms with Crippen LogP contribution in [0.4, 0.5) is 0 Å². The standard InChI is InChI=1S/C16H15ClN2O5/c1-2-24-15(22)16(23)11(13-18-7-8-19(13)14(16)21)12(20)9-3-5-10(17)6-4-9/h3-6,18,23H,2,7-8H2,1H3. The van der Waals surface area contributed by atoms with Gasteiger partial charge in [-0.05, 0) is 31.2 Å². The fourth-order valence-corrected chi connectivity index (χ4v) is 2.96. The summed E-state index contributed by atoms with van der Waals surface area (Å²) in [5.74, 6) is -2.52. The molecule has 8 heteroatoms. The molecule has 0 spiro atoms. The SMILES string of the molecule is CCOC(=O)C1(O)C(=O)N2CCNC2=C1C(=O)c1ccc(Cl)cc1. The van der Waals surface area contributed by atoms with Crippen LogP contribution < -0.4 is 5.32 Å². The number of hydrogen-bond donors (Lipinski definition) is 2. The van der Waals surface area contributed by atoms with E-state index in [4.69, 9.17) is 16.3 Å². The monoisotopic (exact) mass is 350 g/mol. The summed E-state index contributed by atoms with van der Waals surface area (Å²) >= 11 is 5.81. The van der Waals surface area contributed by atoms with Gasteiger partial charge in [0.25, 0.3) is 11.5 Å². The quantitative estimate of drug-likeness (QED) is 0.465. The number of nitrogens with one attached hydrogen (secondary N) is 1. The molecule has 0 radical (unpaired) electrons. The van der Waals surface area contributed by atoms with E-state index in [1.807, 2.05) is 0 Å². The maximum absolute atomic E-state index is 12.9. The maximum atomic E-state index is 12.9. The predicted molar refractivity (Wildman–Crippen MR) is 84.1 cm³/mol. The average Bonchev–Trinajstić information content (AvgIpc) is 3.10. The minimum atomic E-state index is -2.64. The third-order valence-electron chi connectivity index (χ3n) is 3.96. The summed E-state index contributed by atoms with van der Waals surface area (Å²) in [5.41, 5.74) is -2.76. The van der Waals surface area contributed by atoms with Crippen molar-refractivity contribution < 1.29 is 24.2 Å². The van der Waals surface area contributed by atoms with Gasteiger partial charge in [-0.3, -0.25) is 14.5 Å². The molecule has 2 heterocycles. The number of nitrogens with zero attached hydrogens (tertiary/aromatic N) is 1. The lowest BCUT2D eigenvalue weighted by Gasteiger charge is -2.22. The molecule has 1 aromatic carbocycles. The van der Waals surface area contributed by atoms with Crippen LogP contribution in [0.1, 0.15) is 17.3 Å².